The molecule has 290 valence electrons. The van der Waals surface area contributed by atoms with Gasteiger partial charge in [0, 0.05) is 42.7 Å². The molecular weight excluding hydrogens is 707 g/mol. The number of nitrogens with one attached hydrogen (secondary N) is 3. The number of carbonyl (C=O) groups excluding carboxylic acids is 2. The van der Waals surface area contributed by atoms with Crippen molar-refractivity contribution in [3.63, 3.8) is 0 Å². The number of aliphatic carboxylic acids is 1. The zero-order valence-corrected chi connectivity index (χ0v) is 30.6. The van der Waals surface area contributed by atoms with E-state index in [0.717, 1.165) is 38.6 Å². The van der Waals surface area contributed by atoms with Gasteiger partial charge in [-0.1, -0.05) is 13.8 Å². The van der Waals surface area contributed by atoms with Crippen molar-refractivity contribution in [3.05, 3.63) is 71.7 Å². The zero-order valence-electron chi connectivity index (χ0n) is 30.6. The third kappa shape index (κ3) is 12.7. The maximum absolute atomic E-state index is 14.7. The molecule has 2 aromatic heterocycles. The van der Waals surface area contributed by atoms with Crippen LogP contribution in [0.2, 0.25) is 0 Å². The summed E-state index contributed by atoms with van der Waals surface area (Å²) in [5.41, 5.74) is 1.27. The summed E-state index contributed by atoms with van der Waals surface area (Å²) in [7, 11) is 2.44. The summed E-state index contributed by atoms with van der Waals surface area (Å²) in [6.45, 7) is 9.74. The van der Waals surface area contributed by atoms with Crippen molar-refractivity contribution in [1.82, 2.24) is 25.0 Å². The van der Waals surface area contributed by atoms with E-state index in [9.17, 15) is 36.3 Å². The molecule has 1 amide bonds. The normalized spacial score (nSPS) is 12.0. The summed E-state index contributed by atoms with van der Waals surface area (Å²) in [5.74, 6) is -8.41. The van der Waals surface area contributed by atoms with Crippen LogP contribution in [0.25, 0.3) is 16.9 Å². The molecule has 1 fully saturated rings. The number of fused-ring (bicyclic) bond motifs is 1. The first-order chi connectivity index (χ1) is 24.9. The number of carbonyl (C=O) groups is 3. The Balaban J connectivity index is 0.000000417. The summed E-state index contributed by atoms with van der Waals surface area (Å²) in [4.78, 5) is 40.7. The standard InChI is InChI=1S/C25H25F2N5O2.C5H9FO2.C3H4F2O2.C3H7N/c1-4-10-29-25(33)17-7-6-16(13-15(17)5-2)31-23-24-30-14-19(32(24)12-11-28-23)18-8-9-20(34-3)22(27)21(18)26;1-5(2,6)4(7)8-3;1-3(4,5)2(6)7;1-2-4-3-1/h6-9,11-14H,4-5,10H2,1-3H3,(H,28,31)(H,29,33);1-3H3;1H3,(H,6,7);4H,1-3H2. The Labute approximate surface area is 304 Å². The van der Waals surface area contributed by atoms with E-state index < -0.39 is 35.2 Å². The van der Waals surface area contributed by atoms with Crippen LogP contribution < -0.4 is 20.7 Å². The summed E-state index contributed by atoms with van der Waals surface area (Å²) >= 11 is 0. The van der Waals surface area contributed by atoms with Crippen LogP contribution in [-0.4, -0.2) is 82.8 Å². The zero-order chi connectivity index (χ0) is 39.9. The van der Waals surface area contributed by atoms with E-state index in [-0.39, 0.29) is 17.2 Å². The molecular formula is C36H45F5N6O6. The molecule has 53 heavy (non-hydrogen) atoms. The fourth-order valence-corrected chi connectivity index (χ4v) is 4.17. The fourth-order valence-electron chi connectivity index (χ4n) is 4.17. The number of esters is 1. The second-order valence-corrected chi connectivity index (χ2v) is 11.9. The summed E-state index contributed by atoms with van der Waals surface area (Å²) in [6.07, 6.45) is 7.57. The van der Waals surface area contributed by atoms with Crippen LogP contribution in [0, 0.1) is 11.6 Å². The highest BCUT2D eigenvalue weighted by Gasteiger charge is 2.31. The lowest BCUT2D eigenvalue weighted by Gasteiger charge is -2.13. The van der Waals surface area contributed by atoms with Gasteiger partial charge in [-0.3, -0.25) is 9.20 Å². The van der Waals surface area contributed by atoms with Crippen molar-refractivity contribution in [2.24, 2.45) is 0 Å². The number of benzene rings is 2. The molecule has 1 aliphatic rings. The third-order valence-corrected chi connectivity index (χ3v) is 7.25. The molecule has 1 aliphatic heterocycles. The lowest BCUT2D eigenvalue weighted by Crippen LogP contribution is -2.29. The number of amides is 1. The minimum Gasteiger partial charge on any atom is -0.494 e. The molecule has 0 aliphatic carbocycles. The molecule has 4 N–H and O–H groups in total. The molecule has 0 spiro atoms. The smallest absolute Gasteiger partial charge is 0.374 e. The largest absolute Gasteiger partial charge is 0.494 e. The Morgan fingerprint density at radius 2 is 1.62 bits per heavy atom. The number of aromatic nitrogens is 3. The van der Waals surface area contributed by atoms with Gasteiger partial charge >= 0.3 is 17.9 Å². The number of imidazole rings is 1. The van der Waals surface area contributed by atoms with Gasteiger partial charge in [0.15, 0.2) is 23.0 Å². The maximum Gasteiger partial charge on any atom is 0.374 e. The van der Waals surface area contributed by atoms with E-state index in [1.807, 2.05) is 19.9 Å². The molecule has 12 nitrogen and oxygen atoms in total. The van der Waals surface area contributed by atoms with Crippen LogP contribution in [0.15, 0.2) is 48.9 Å². The van der Waals surface area contributed by atoms with Gasteiger partial charge in [-0.25, -0.2) is 28.3 Å². The van der Waals surface area contributed by atoms with E-state index in [0.29, 0.717) is 42.6 Å². The van der Waals surface area contributed by atoms with Gasteiger partial charge in [0.25, 0.3) is 5.91 Å². The van der Waals surface area contributed by atoms with E-state index in [1.54, 1.807) is 28.9 Å². The number of aryl methyl sites for hydroxylation is 1. The number of alkyl halides is 3. The Kier molecular flexibility index (Phi) is 16.6. The number of anilines is 2. The highest BCUT2D eigenvalue weighted by Crippen LogP contribution is 2.31. The predicted octanol–water partition coefficient (Wildman–Crippen LogP) is 6.74. The number of nitrogens with zero attached hydrogens (tertiary/aromatic N) is 3. The van der Waals surface area contributed by atoms with E-state index in [2.05, 4.69) is 30.7 Å². The molecule has 0 unspecified atom stereocenters. The van der Waals surface area contributed by atoms with Crippen molar-refractivity contribution in [2.45, 2.75) is 65.5 Å². The second-order valence-electron chi connectivity index (χ2n) is 11.9. The Bertz CT molecular complexity index is 1830. The number of hydrogen-bond acceptors (Lipinski definition) is 9. The highest BCUT2D eigenvalue weighted by molar-refractivity contribution is 5.96. The van der Waals surface area contributed by atoms with Crippen LogP contribution in [0.1, 0.15) is 63.4 Å². The predicted molar refractivity (Wildman–Crippen MR) is 190 cm³/mol. The van der Waals surface area contributed by atoms with Gasteiger partial charge in [-0.15, -0.1) is 0 Å². The quantitative estimate of drug-likeness (QED) is 0.101. The molecule has 2 aromatic carbocycles. The first-order valence-electron chi connectivity index (χ1n) is 16.5. The van der Waals surface area contributed by atoms with E-state index in [1.165, 1.54) is 44.9 Å². The summed E-state index contributed by atoms with van der Waals surface area (Å²) in [5, 5.41) is 16.7. The second kappa shape index (κ2) is 20.1. The maximum atomic E-state index is 14.7. The fraction of sp³-hybridized carbons (Fsp3) is 0.417. The molecule has 0 atom stereocenters. The van der Waals surface area contributed by atoms with Crippen LogP contribution in [0.3, 0.4) is 0 Å². The van der Waals surface area contributed by atoms with Crippen LogP contribution in [0.5, 0.6) is 5.75 Å². The molecule has 5 rings (SSSR count). The van der Waals surface area contributed by atoms with Crippen molar-refractivity contribution in [3.8, 4) is 17.0 Å². The third-order valence-electron chi connectivity index (χ3n) is 7.25. The first kappa shape index (κ1) is 43.8. The van der Waals surface area contributed by atoms with Gasteiger partial charge < -0.3 is 30.5 Å². The number of methoxy groups -OCH3 is 2. The Morgan fingerprint density at radius 3 is 2.09 bits per heavy atom. The number of carboxylic acid groups (broad SMARTS) is 1. The molecule has 0 bridgehead atoms. The molecule has 3 heterocycles. The lowest BCUT2D eigenvalue weighted by molar-refractivity contribution is -0.162. The summed E-state index contributed by atoms with van der Waals surface area (Å²) < 4.78 is 74.3. The highest BCUT2D eigenvalue weighted by atomic mass is 19.3. The van der Waals surface area contributed by atoms with Crippen molar-refractivity contribution >= 4 is 35.0 Å². The van der Waals surface area contributed by atoms with Crippen molar-refractivity contribution < 1.29 is 50.9 Å². The number of rotatable bonds is 10. The van der Waals surface area contributed by atoms with Gasteiger partial charge in [0.2, 0.25) is 11.5 Å². The molecule has 4 aromatic rings. The SMILES string of the molecule is C1CNC1.CC(F)(F)C(=O)O.CCCNC(=O)c1ccc(Nc2nccn3c(-c4ccc(OC)c(F)c4F)cnc23)cc1CC.COC(=O)C(C)(C)F. The molecule has 17 heteroatoms. The minimum atomic E-state index is -3.58. The topological polar surface area (TPSA) is 156 Å². The van der Waals surface area contributed by atoms with Gasteiger partial charge in [-0.05, 0) is 82.1 Å². The number of hydrogen-bond donors (Lipinski definition) is 4. The van der Waals surface area contributed by atoms with Gasteiger partial charge in [0.05, 0.1) is 26.1 Å². The Morgan fingerprint density at radius 1 is 1.00 bits per heavy atom. The average molecular weight is 753 g/mol. The van der Waals surface area contributed by atoms with Gasteiger partial charge in [0.1, 0.15) is 0 Å². The van der Waals surface area contributed by atoms with Crippen molar-refractivity contribution in [2.75, 3.05) is 39.2 Å². The van der Waals surface area contributed by atoms with Crippen LogP contribution >= 0.6 is 0 Å². The van der Waals surface area contributed by atoms with E-state index >= 15 is 0 Å². The average Bonchev–Trinajstić information content (AvgIpc) is 3.51. The number of ether oxygens (including phenoxy) is 2. The number of halogens is 5. The van der Waals surface area contributed by atoms with E-state index in [4.69, 9.17) is 9.84 Å². The molecule has 0 saturated carbocycles. The van der Waals surface area contributed by atoms with Crippen LogP contribution in [0.4, 0.5) is 33.5 Å². The van der Waals surface area contributed by atoms with Crippen molar-refractivity contribution in [1.29, 1.82) is 0 Å². The molecule has 1 saturated heterocycles. The van der Waals surface area contributed by atoms with Gasteiger partial charge in [-0.2, -0.15) is 13.2 Å². The monoisotopic (exact) mass is 752 g/mol. The van der Waals surface area contributed by atoms with Crippen LogP contribution in [-0.2, 0) is 20.7 Å². The number of carboxylic acids is 1. The minimum absolute atomic E-state index is 0.0543. The molecule has 0 radical (unpaired) electrons. The summed E-state index contributed by atoms with van der Waals surface area (Å²) in [6, 6.07) is 8.29. The Hall–Kier alpha value is -5.32. The first-order valence-corrected chi connectivity index (χ1v) is 16.5. The lowest BCUT2D eigenvalue weighted by atomic mass is 10.0.